The number of ether oxygens (including phenoxy) is 1. The lowest BCUT2D eigenvalue weighted by molar-refractivity contribution is -0.140. The quantitative estimate of drug-likeness (QED) is 0.721. The molecule has 0 bridgehead atoms. The average Bonchev–Trinajstić information content (AvgIpc) is 2.67. The summed E-state index contributed by atoms with van der Waals surface area (Å²) in [5.74, 6) is -2.76. The van der Waals surface area contributed by atoms with E-state index in [1.807, 2.05) is 30.3 Å². The van der Waals surface area contributed by atoms with Gasteiger partial charge in [0, 0.05) is 23.6 Å². The minimum Gasteiger partial charge on any atom is -0.463 e. The summed E-state index contributed by atoms with van der Waals surface area (Å²) in [5, 5.41) is 0. The third-order valence-electron chi connectivity index (χ3n) is 4.90. The number of esters is 1. The van der Waals surface area contributed by atoms with Gasteiger partial charge >= 0.3 is 5.97 Å². The second-order valence-electron chi connectivity index (χ2n) is 6.57. The van der Waals surface area contributed by atoms with Gasteiger partial charge in [-0.1, -0.05) is 36.4 Å². The maximum absolute atomic E-state index is 14.1. The Hall–Kier alpha value is -3.02. The van der Waals surface area contributed by atoms with Crippen molar-refractivity contribution >= 4 is 11.9 Å². The number of amides is 1. The molecule has 1 aliphatic rings. The SMILES string of the molecule is CCOC(=O)C1=C(C)N(Cc2c(F)cccc2F)C(=O)CC1c1ccccc1. The molecule has 0 saturated heterocycles. The summed E-state index contributed by atoms with van der Waals surface area (Å²) < 4.78 is 33.4. The zero-order valence-electron chi connectivity index (χ0n) is 15.7. The summed E-state index contributed by atoms with van der Waals surface area (Å²) in [7, 11) is 0. The average molecular weight is 385 g/mol. The van der Waals surface area contributed by atoms with Crippen molar-refractivity contribution in [1.82, 2.24) is 4.90 Å². The van der Waals surface area contributed by atoms with Gasteiger partial charge in [-0.05, 0) is 31.5 Å². The molecule has 0 spiro atoms. The van der Waals surface area contributed by atoms with E-state index in [4.69, 9.17) is 4.74 Å². The summed E-state index contributed by atoms with van der Waals surface area (Å²) in [6, 6.07) is 12.8. The van der Waals surface area contributed by atoms with Crippen LogP contribution in [0.3, 0.4) is 0 Å². The summed E-state index contributed by atoms with van der Waals surface area (Å²) in [5.41, 5.74) is 1.29. The number of halogens is 2. The molecule has 1 unspecified atom stereocenters. The molecule has 3 rings (SSSR count). The van der Waals surface area contributed by atoms with Crippen molar-refractivity contribution in [3.63, 3.8) is 0 Å². The van der Waals surface area contributed by atoms with Gasteiger partial charge in [-0.15, -0.1) is 0 Å². The molecule has 0 N–H and O–H groups in total. The van der Waals surface area contributed by atoms with Crippen molar-refractivity contribution in [2.45, 2.75) is 32.7 Å². The Bertz CT molecular complexity index is 904. The van der Waals surface area contributed by atoms with Gasteiger partial charge in [-0.2, -0.15) is 0 Å². The first kappa shape index (κ1) is 19.7. The van der Waals surface area contributed by atoms with Crippen molar-refractivity contribution in [2.24, 2.45) is 0 Å². The number of hydrogen-bond donors (Lipinski definition) is 0. The van der Waals surface area contributed by atoms with Crippen LogP contribution in [0.4, 0.5) is 8.78 Å². The number of benzene rings is 2. The fourth-order valence-corrected chi connectivity index (χ4v) is 3.49. The number of hydrogen-bond acceptors (Lipinski definition) is 3. The third-order valence-corrected chi connectivity index (χ3v) is 4.90. The van der Waals surface area contributed by atoms with E-state index < -0.39 is 23.5 Å². The molecule has 1 atom stereocenters. The van der Waals surface area contributed by atoms with Gasteiger partial charge in [-0.3, -0.25) is 4.79 Å². The lowest BCUT2D eigenvalue weighted by Gasteiger charge is -2.34. The van der Waals surface area contributed by atoms with E-state index in [-0.39, 0.29) is 31.0 Å². The molecule has 0 aromatic heterocycles. The third kappa shape index (κ3) is 3.81. The molecule has 1 heterocycles. The fourth-order valence-electron chi connectivity index (χ4n) is 3.49. The van der Waals surface area contributed by atoms with E-state index in [1.54, 1.807) is 13.8 Å². The van der Waals surface area contributed by atoms with Crippen LogP contribution in [0, 0.1) is 11.6 Å². The smallest absolute Gasteiger partial charge is 0.336 e. The number of rotatable bonds is 5. The summed E-state index contributed by atoms with van der Waals surface area (Å²) >= 11 is 0. The van der Waals surface area contributed by atoms with Gasteiger partial charge in [0.1, 0.15) is 11.6 Å². The molecule has 6 heteroatoms. The Balaban J connectivity index is 2.06. The topological polar surface area (TPSA) is 46.6 Å². The van der Waals surface area contributed by atoms with E-state index in [9.17, 15) is 18.4 Å². The first-order valence-electron chi connectivity index (χ1n) is 9.10. The van der Waals surface area contributed by atoms with Crippen LogP contribution in [0.25, 0.3) is 0 Å². The van der Waals surface area contributed by atoms with Crippen molar-refractivity contribution < 1.29 is 23.1 Å². The summed E-state index contributed by atoms with van der Waals surface area (Å²) in [6.45, 7) is 3.21. The molecular weight excluding hydrogens is 364 g/mol. The number of allylic oxidation sites excluding steroid dienone is 1. The van der Waals surface area contributed by atoms with Crippen molar-refractivity contribution in [1.29, 1.82) is 0 Å². The molecule has 2 aromatic carbocycles. The molecule has 0 saturated carbocycles. The van der Waals surface area contributed by atoms with Crippen molar-refractivity contribution in [2.75, 3.05) is 6.61 Å². The molecule has 4 nitrogen and oxygen atoms in total. The van der Waals surface area contributed by atoms with E-state index in [0.29, 0.717) is 11.3 Å². The number of carbonyl (C=O) groups is 2. The molecule has 2 aromatic rings. The van der Waals surface area contributed by atoms with E-state index in [2.05, 4.69) is 0 Å². The van der Waals surface area contributed by atoms with Crippen LogP contribution in [0.15, 0.2) is 59.8 Å². The largest absolute Gasteiger partial charge is 0.463 e. The molecule has 0 radical (unpaired) electrons. The summed E-state index contributed by atoms with van der Waals surface area (Å²) in [6.07, 6.45) is 0.0194. The number of carbonyl (C=O) groups excluding carboxylic acids is 2. The maximum Gasteiger partial charge on any atom is 0.336 e. The van der Waals surface area contributed by atoms with Gasteiger partial charge in [0.25, 0.3) is 0 Å². The van der Waals surface area contributed by atoms with Gasteiger partial charge in [0.2, 0.25) is 5.91 Å². The second kappa shape index (κ2) is 8.33. The fraction of sp³-hybridized carbons (Fsp3) is 0.273. The molecule has 146 valence electrons. The zero-order chi connectivity index (χ0) is 20.3. The summed E-state index contributed by atoms with van der Waals surface area (Å²) in [4.78, 5) is 26.8. The highest BCUT2D eigenvalue weighted by atomic mass is 19.1. The lowest BCUT2D eigenvalue weighted by Crippen LogP contribution is -2.38. The van der Waals surface area contributed by atoms with Crippen LogP contribution in [0.1, 0.15) is 37.3 Å². The molecule has 28 heavy (non-hydrogen) atoms. The molecule has 1 amide bonds. The number of nitrogens with zero attached hydrogens (tertiary/aromatic N) is 1. The highest BCUT2D eigenvalue weighted by Gasteiger charge is 2.37. The first-order chi connectivity index (χ1) is 13.4. The second-order valence-corrected chi connectivity index (χ2v) is 6.57. The maximum atomic E-state index is 14.1. The minimum atomic E-state index is -0.733. The first-order valence-corrected chi connectivity index (χ1v) is 9.10. The highest BCUT2D eigenvalue weighted by molar-refractivity contribution is 5.95. The van der Waals surface area contributed by atoms with E-state index in [1.165, 1.54) is 11.0 Å². The van der Waals surface area contributed by atoms with Crippen molar-refractivity contribution in [3.05, 3.63) is 82.6 Å². The van der Waals surface area contributed by atoms with Gasteiger partial charge in [-0.25, -0.2) is 13.6 Å². The Morgan fingerprint density at radius 3 is 2.36 bits per heavy atom. The van der Waals surface area contributed by atoms with Gasteiger partial charge < -0.3 is 9.64 Å². The normalized spacial score (nSPS) is 17.1. The Labute approximate surface area is 162 Å². The standard InChI is InChI=1S/C22H21F2NO3/c1-3-28-22(27)21-14(2)25(13-17-18(23)10-7-11-19(17)24)20(26)12-16(21)15-8-5-4-6-9-15/h4-11,16H,3,12-13H2,1-2H3. The van der Waals surface area contributed by atoms with Gasteiger partial charge in [0.05, 0.1) is 18.7 Å². The molecular formula is C22H21F2NO3. The van der Waals surface area contributed by atoms with E-state index in [0.717, 1.165) is 17.7 Å². The predicted molar refractivity (Wildman–Crippen MR) is 100 cm³/mol. The van der Waals surface area contributed by atoms with Crippen LogP contribution in [-0.2, 0) is 20.9 Å². The monoisotopic (exact) mass is 385 g/mol. The lowest BCUT2D eigenvalue weighted by atomic mass is 9.83. The van der Waals surface area contributed by atoms with Gasteiger partial charge in [0.15, 0.2) is 0 Å². The van der Waals surface area contributed by atoms with Crippen molar-refractivity contribution in [3.8, 4) is 0 Å². The molecule has 0 aliphatic carbocycles. The van der Waals surface area contributed by atoms with Crippen LogP contribution >= 0.6 is 0 Å². The van der Waals surface area contributed by atoms with Crippen LogP contribution in [0.2, 0.25) is 0 Å². The van der Waals surface area contributed by atoms with Crippen LogP contribution < -0.4 is 0 Å². The highest BCUT2D eigenvalue weighted by Crippen LogP contribution is 2.37. The molecule has 1 aliphatic heterocycles. The molecule has 0 fully saturated rings. The van der Waals surface area contributed by atoms with Crippen LogP contribution in [0.5, 0.6) is 0 Å². The Morgan fingerprint density at radius 1 is 1.11 bits per heavy atom. The van der Waals surface area contributed by atoms with E-state index >= 15 is 0 Å². The Morgan fingerprint density at radius 2 is 1.75 bits per heavy atom. The van der Waals surface area contributed by atoms with Crippen LogP contribution in [-0.4, -0.2) is 23.4 Å². The Kier molecular flexibility index (Phi) is 5.87. The minimum absolute atomic E-state index is 0.0194. The predicted octanol–water partition coefficient (Wildman–Crippen LogP) is 4.32. The zero-order valence-corrected chi connectivity index (χ0v) is 15.7.